The summed E-state index contributed by atoms with van der Waals surface area (Å²) in [5, 5.41) is 6.69. The summed E-state index contributed by atoms with van der Waals surface area (Å²) in [6.45, 7) is 2.57. The molecule has 0 spiro atoms. The van der Waals surface area contributed by atoms with Crippen LogP contribution in [0.1, 0.15) is 21.6 Å². The minimum absolute atomic E-state index is 0.277. The molecule has 2 aromatic carbocycles. The van der Waals surface area contributed by atoms with Gasteiger partial charge in [-0.05, 0) is 36.8 Å². The van der Waals surface area contributed by atoms with Crippen molar-refractivity contribution in [3.8, 4) is 0 Å². The van der Waals surface area contributed by atoms with E-state index in [1.165, 1.54) is 6.33 Å². The number of benzene rings is 2. The molecule has 0 unspecified atom stereocenters. The van der Waals surface area contributed by atoms with E-state index in [1.807, 2.05) is 55.5 Å². The highest BCUT2D eigenvalue weighted by molar-refractivity contribution is 6.30. The molecule has 0 aliphatic carbocycles. The number of rotatable bonds is 5. The summed E-state index contributed by atoms with van der Waals surface area (Å²) >= 11 is 5.87. The van der Waals surface area contributed by atoms with Crippen molar-refractivity contribution in [2.75, 3.05) is 10.6 Å². The van der Waals surface area contributed by atoms with Crippen molar-refractivity contribution in [3.63, 3.8) is 0 Å². The first kappa shape index (κ1) is 16.9. The van der Waals surface area contributed by atoms with Crippen molar-refractivity contribution < 1.29 is 4.79 Å². The SMILES string of the molecule is Cc1ccc(NC(=O)c2cc(NCc3ccc(Cl)cc3)ncn2)cc1. The van der Waals surface area contributed by atoms with Crippen LogP contribution in [0.25, 0.3) is 0 Å². The van der Waals surface area contributed by atoms with E-state index in [9.17, 15) is 4.79 Å². The fourth-order valence-corrected chi connectivity index (χ4v) is 2.33. The Morgan fingerprint density at radius 2 is 1.76 bits per heavy atom. The van der Waals surface area contributed by atoms with Crippen LogP contribution in [-0.4, -0.2) is 15.9 Å². The molecule has 0 saturated carbocycles. The number of aryl methyl sites for hydroxylation is 1. The van der Waals surface area contributed by atoms with Crippen molar-refractivity contribution in [1.82, 2.24) is 9.97 Å². The summed E-state index contributed by atoms with van der Waals surface area (Å²) in [6, 6.07) is 16.7. The maximum absolute atomic E-state index is 12.3. The van der Waals surface area contributed by atoms with Gasteiger partial charge in [-0.25, -0.2) is 9.97 Å². The van der Waals surface area contributed by atoms with Crippen molar-refractivity contribution >= 4 is 29.0 Å². The van der Waals surface area contributed by atoms with Crippen LogP contribution in [0.4, 0.5) is 11.5 Å². The summed E-state index contributed by atoms with van der Waals surface area (Å²) in [4.78, 5) is 20.5. The van der Waals surface area contributed by atoms with Crippen LogP contribution in [0.3, 0.4) is 0 Å². The second-order valence-corrected chi connectivity index (χ2v) is 6.03. The van der Waals surface area contributed by atoms with E-state index in [1.54, 1.807) is 6.07 Å². The average molecular weight is 353 g/mol. The Morgan fingerprint density at radius 1 is 1.04 bits per heavy atom. The third-order valence-electron chi connectivity index (χ3n) is 3.60. The maximum atomic E-state index is 12.3. The molecular weight excluding hydrogens is 336 g/mol. The Balaban J connectivity index is 1.64. The van der Waals surface area contributed by atoms with E-state index in [0.29, 0.717) is 23.1 Å². The van der Waals surface area contributed by atoms with Crippen LogP contribution >= 0.6 is 11.6 Å². The quantitative estimate of drug-likeness (QED) is 0.718. The average Bonchev–Trinajstić information content (AvgIpc) is 2.63. The van der Waals surface area contributed by atoms with Gasteiger partial charge >= 0.3 is 0 Å². The number of hydrogen-bond donors (Lipinski definition) is 2. The molecule has 0 aliphatic heterocycles. The molecule has 3 aromatic rings. The number of halogens is 1. The lowest BCUT2D eigenvalue weighted by atomic mass is 10.2. The zero-order chi connectivity index (χ0) is 17.6. The molecule has 0 fully saturated rings. The smallest absolute Gasteiger partial charge is 0.274 e. The molecule has 126 valence electrons. The second kappa shape index (κ2) is 7.77. The van der Waals surface area contributed by atoms with Gasteiger partial charge in [0.25, 0.3) is 5.91 Å². The van der Waals surface area contributed by atoms with Gasteiger partial charge in [0.2, 0.25) is 0 Å². The zero-order valence-corrected chi connectivity index (χ0v) is 14.4. The van der Waals surface area contributed by atoms with Gasteiger partial charge in [-0.2, -0.15) is 0 Å². The predicted molar refractivity (Wildman–Crippen MR) is 99.9 cm³/mol. The van der Waals surface area contributed by atoms with Crippen molar-refractivity contribution in [2.24, 2.45) is 0 Å². The first-order chi connectivity index (χ1) is 12.1. The Hall–Kier alpha value is -2.92. The number of anilines is 2. The van der Waals surface area contributed by atoms with Crippen LogP contribution < -0.4 is 10.6 Å². The number of hydrogen-bond acceptors (Lipinski definition) is 4. The molecule has 0 aliphatic rings. The number of carbonyl (C=O) groups is 1. The predicted octanol–water partition coefficient (Wildman–Crippen LogP) is 4.30. The third kappa shape index (κ3) is 4.78. The van der Waals surface area contributed by atoms with E-state index in [0.717, 1.165) is 16.8 Å². The van der Waals surface area contributed by atoms with Gasteiger partial charge < -0.3 is 10.6 Å². The lowest BCUT2D eigenvalue weighted by Gasteiger charge is -2.08. The minimum atomic E-state index is -0.277. The van der Waals surface area contributed by atoms with Gasteiger partial charge in [0.05, 0.1) is 0 Å². The van der Waals surface area contributed by atoms with Crippen molar-refractivity contribution in [2.45, 2.75) is 13.5 Å². The molecule has 1 aromatic heterocycles. The molecule has 0 atom stereocenters. The molecule has 6 heteroatoms. The number of nitrogens with one attached hydrogen (secondary N) is 2. The highest BCUT2D eigenvalue weighted by atomic mass is 35.5. The molecular formula is C19H17ClN4O. The Labute approximate surface area is 151 Å². The van der Waals surface area contributed by atoms with Crippen LogP contribution in [0.5, 0.6) is 0 Å². The first-order valence-electron chi connectivity index (χ1n) is 7.78. The molecule has 25 heavy (non-hydrogen) atoms. The molecule has 2 N–H and O–H groups in total. The van der Waals surface area contributed by atoms with E-state index >= 15 is 0 Å². The monoisotopic (exact) mass is 352 g/mol. The number of aromatic nitrogens is 2. The maximum Gasteiger partial charge on any atom is 0.274 e. The highest BCUT2D eigenvalue weighted by Crippen LogP contribution is 2.13. The first-order valence-corrected chi connectivity index (χ1v) is 8.16. The Morgan fingerprint density at radius 3 is 2.48 bits per heavy atom. The van der Waals surface area contributed by atoms with Crippen molar-refractivity contribution in [3.05, 3.63) is 82.8 Å². The normalized spacial score (nSPS) is 10.3. The molecule has 1 heterocycles. The van der Waals surface area contributed by atoms with E-state index in [4.69, 9.17) is 11.6 Å². The summed E-state index contributed by atoms with van der Waals surface area (Å²) < 4.78 is 0. The standard InChI is InChI=1S/C19H17ClN4O/c1-13-2-8-16(9-3-13)24-19(25)17-10-18(23-12-22-17)21-11-14-4-6-15(20)7-5-14/h2-10,12H,11H2,1H3,(H,24,25)(H,21,22,23). The topological polar surface area (TPSA) is 66.9 Å². The van der Waals surface area contributed by atoms with Crippen molar-refractivity contribution in [1.29, 1.82) is 0 Å². The highest BCUT2D eigenvalue weighted by Gasteiger charge is 2.09. The molecule has 0 saturated heterocycles. The van der Waals surface area contributed by atoms with E-state index in [2.05, 4.69) is 20.6 Å². The Bertz CT molecular complexity index is 863. The van der Waals surface area contributed by atoms with Gasteiger partial charge in [-0.1, -0.05) is 41.4 Å². The fourth-order valence-electron chi connectivity index (χ4n) is 2.21. The lowest BCUT2D eigenvalue weighted by molar-refractivity contribution is 0.102. The van der Waals surface area contributed by atoms with Gasteiger partial charge in [0.15, 0.2) is 0 Å². The van der Waals surface area contributed by atoms with Crippen LogP contribution in [0, 0.1) is 6.92 Å². The number of carbonyl (C=O) groups excluding carboxylic acids is 1. The molecule has 0 radical (unpaired) electrons. The van der Waals surface area contributed by atoms with E-state index < -0.39 is 0 Å². The largest absolute Gasteiger partial charge is 0.366 e. The summed E-state index contributed by atoms with van der Waals surface area (Å²) in [7, 11) is 0. The summed E-state index contributed by atoms with van der Waals surface area (Å²) in [5.74, 6) is 0.305. The van der Waals surface area contributed by atoms with Gasteiger partial charge in [0, 0.05) is 23.3 Å². The number of amides is 1. The minimum Gasteiger partial charge on any atom is -0.366 e. The molecule has 0 bridgehead atoms. The fraction of sp³-hybridized carbons (Fsp3) is 0.105. The van der Waals surface area contributed by atoms with Crippen LogP contribution in [-0.2, 0) is 6.54 Å². The zero-order valence-electron chi connectivity index (χ0n) is 13.7. The molecule has 5 nitrogen and oxygen atoms in total. The number of nitrogens with zero attached hydrogens (tertiary/aromatic N) is 2. The van der Waals surface area contributed by atoms with Gasteiger partial charge in [0.1, 0.15) is 17.8 Å². The Kier molecular flexibility index (Phi) is 5.26. The second-order valence-electron chi connectivity index (χ2n) is 5.59. The summed E-state index contributed by atoms with van der Waals surface area (Å²) in [5.41, 5.74) is 3.22. The summed E-state index contributed by atoms with van der Waals surface area (Å²) in [6.07, 6.45) is 1.37. The van der Waals surface area contributed by atoms with Crippen LogP contribution in [0.2, 0.25) is 5.02 Å². The van der Waals surface area contributed by atoms with Gasteiger partial charge in [-0.15, -0.1) is 0 Å². The molecule has 1 amide bonds. The lowest BCUT2D eigenvalue weighted by Crippen LogP contribution is -2.14. The third-order valence-corrected chi connectivity index (χ3v) is 3.85. The van der Waals surface area contributed by atoms with Gasteiger partial charge in [-0.3, -0.25) is 4.79 Å². The van der Waals surface area contributed by atoms with E-state index in [-0.39, 0.29) is 5.91 Å². The molecule has 3 rings (SSSR count). The van der Waals surface area contributed by atoms with Crippen LogP contribution in [0.15, 0.2) is 60.9 Å².